The number of rotatable bonds is 4. The van der Waals surface area contributed by atoms with Crippen molar-refractivity contribution < 1.29 is 18.3 Å². The molecule has 0 aliphatic rings. The van der Waals surface area contributed by atoms with Gasteiger partial charge in [0.1, 0.15) is 35.3 Å². The van der Waals surface area contributed by atoms with E-state index in [1.165, 1.54) is 7.11 Å². The van der Waals surface area contributed by atoms with E-state index in [0.29, 0.717) is 28.3 Å². The molecule has 0 aliphatic carbocycles. The number of aromatic nitrogens is 4. The van der Waals surface area contributed by atoms with E-state index in [-0.39, 0.29) is 11.3 Å². The van der Waals surface area contributed by atoms with E-state index in [0.717, 1.165) is 17.6 Å². The predicted molar refractivity (Wildman–Crippen MR) is 101 cm³/mol. The monoisotopic (exact) mass is 384 g/mol. The fourth-order valence-electron chi connectivity index (χ4n) is 3.41. The summed E-state index contributed by atoms with van der Waals surface area (Å²) in [5, 5.41) is 4.39. The van der Waals surface area contributed by atoms with Gasteiger partial charge in [-0.05, 0) is 19.1 Å². The molecule has 0 fully saturated rings. The Balaban J connectivity index is 2.00. The highest BCUT2D eigenvalue weighted by molar-refractivity contribution is 5.82. The molecule has 2 heterocycles. The minimum absolute atomic E-state index is 0.113. The van der Waals surface area contributed by atoms with Crippen molar-refractivity contribution in [3.63, 3.8) is 0 Å². The molecule has 6 nitrogen and oxygen atoms in total. The van der Waals surface area contributed by atoms with Crippen LogP contribution in [0.1, 0.15) is 5.69 Å². The third kappa shape index (κ3) is 2.69. The Labute approximate surface area is 159 Å². The lowest BCUT2D eigenvalue weighted by Gasteiger charge is -2.12. The van der Waals surface area contributed by atoms with Crippen LogP contribution < -0.4 is 9.47 Å². The van der Waals surface area contributed by atoms with Gasteiger partial charge in [0, 0.05) is 25.2 Å². The SMILES string of the molecule is COc1cc(F)c(-c2c(C)nn(C)c2-n2cnc3cc(OC)ccc32)c(F)c1. The molecule has 2 aromatic heterocycles. The van der Waals surface area contributed by atoms with Crippen LogP contribution in [0.2, 0.25) is 0 Å². The molecular formula is C20H18F2N4O2. The van der Waals surface area contributed by atoms with Gasteiger partial charge in [-0.2, -0.15) is 5.10 Å². The van der Waals surface area contributed by atoms with Crippen LogP contribution >= 0.6 is 0 Å². The Kier molecular flexibility index (Phi) is 4.26. The summed E-state index contributed by atoms with van der Waals surface area (Å²) in [5.41, 5.74) is 2.15. The minimum Gasteiger partial charge on any atom is -0.497 e. The van der Waals surface area contributed by atoms with Crippen molar-refractivity contribution in [2.24, 2.45) is 7.05 Å². The number of fused-ring (bicyclic) bond motifs is 1. The van der Waals surface area contributed by atoms with Gasteiger partial charge in [-0.1, -0.05) is 0 Å². The molecule has 8 heteroatoms. The highest BCUT2D eigenvalue weighted by Gasteiger charge is 2.25. The van der Waals surface area contributed by atoms with Crippen LogP contribution in [0.4, 0.5) is 8.78 Å². The number of nitrogens with zero attached hydrogens (tertiary/aromatic N) is 4. The fourth-order valence-corrected chi connectivity index (χ4v) is 3.41. The normalized spacial score (nSPS) is 11.2. The summed E-state index contributed by atoms with van der Waals surface area (Å²) in [5.74, 6) is -0.151. The molecular weight excluding hydrogens is 366 g/mol. The molecule has 0 N–H and O–H groups in total. The van der Waals surface area contributed by atoms with Crippen molar-refractivity contribution in [2.45, 2.75) is 6.92 Å². The molecule has 0 aliphatic heterocycles. The second kappa shape index (κ2) is 6.63. The Morgan fingerprint density at radius 1 is 0.929 bits per heavy atom. The summed E-state index contributed by atoms with van der Waals surface area (Å²) < 4.78 is 43.1. The number of aryl methyl sites for hydroxylation is 2. The van der Waals surface area contributed by atoms with Gasteiger partial charge in [-0.3, -0.25) is 9.25 Å². The van der Waals surface area contributed by atoms with Crippen LogP contribution in [-0.2, 0) is 7.05 Å². The van der Waals surface area contributed by atoms with Gasteiger partial charge in [0.25, 0.3) is 0 Å². The summed E-state index contributed by atoms with van der Waals surface area (Å²) in [7, 11) is 4.66. The summed E-state index contributed by atoms with van der Waals surface area (Å²) >= 11 is 0. The molecule has 0 bridgehead atoms. The van der Waals surface area contributed by atoms with E-state index >= 15 is 0 Å². The molecule has 0 unspecified atom stereocenters. The molecule has 4 aromatic rings. The second-order valence-electron chi connectivity index (χ2n) is 6.34. The van der Waals surface area contributed by atoms with E-state index < -0.39 is 11.6 Å². The number of ether oxygens (including phenoxy) is 2. The zero-order valence-electron chi connectivity index (χ0n) is 15.8. The first-order chi connectivity index (χ1) is 13.4. The van der Waals surface area contributed by atoms with Crippen LogP contribution in [0.3, 0.4) is 0 Å². The van der Waals surface area contributed by atoms with Crippen LogP contribution in [0.5, 0.6) is 11.5 Å². The van der Waals surface area contributed by atoms with Crippen molar-refractivity contribution in [1.82, 2.24) is 19.3 Å². The van der Waals surface area contributed by atoms with E-state index in [1.807, 2.05) is 6.07 Å². The van der Waals surface area contributed by atoms with Gasteiger partial charge in [0.2, 0.25) is 0 Å². The summed E-state index contributed by atoms with van der Waals surface area (Å²) in [6, 6.07) is 7.76. The number of hydrogen-bond acceptors (Lipinski definition) is 4. The molecule has 0 spiro atoms. The van der Waals surface area contributed by atoms with Gasteiger partial charge in [0.05, 0.1) is 42.1 Å². The summed E-state index contributed by atoms with van der Waals surface area (Å²) in [6.45, 7) is 1.71. The smallest absolute Gasteiger partial charge is 0.144 e. The third-order valence-electron chi connectivity index (χ3n) is 4.68. The Hall–Kier alpha value is -3.42. The molecule has 0 atom stereocenters. The molecule has 4 rings (SSSR count). The van der Waals surface area contributed by atoms with Crippen LogP contribution in [-0.4, -0.2) is 33.6 Å². The molecule has 144 valence electrons. The predicted octanol–water partition coefficient (Wildman–Crippen LogP) is 4.03. The fraction of sp³-hybridized carbons (Fsp3) is 0.200. The van der Waals surface area contributed by atoms with Crippen molar-refractivity contribution in [3.8, 4) is 28.4 Å². The molecule has 0 radical (unpaired) electrons. The number of imidazole rings is 1. The maximum absolute atomic E-state index is 14.8. The first kappa shape index (κ1) is 18.0. The molecule has 28 heavy (non-hydrogen) atoms. The molecule has 0 saturated carbocycles. The van der Waals surface area contributed by atoms with Crippen molar-refractivity contribution >= 4 is 11.0 Å². The Morgan fingerprint density at radius 3 is 2.25 bits per heavy atom. The standard InChI is InChI=1S/C20H18F2N4O2/c1-11-18(19-14(21)7-13(28-4)8-15(19)22)20(25(2)24-11)26-10-23-16-9-12(27-3)5-6-17(16)26/h5-10H,1-4H3. The molecule has 2 aromatic carbocycles. The Bertz CT molecular complexity index is 1170. The summed E-state index contributed by atoms with van der Waals surface area (Å²) in [6.07, 6.45) is 1.60. The van der Waals surface area contributed by atoms with Gasteiger partial charge < -0.3 is 9.47 Å². The van der Waals surface area contributed by atoms with Gasteiger partial charge in [-0.25, -0.2) is 13.8 Å². The van der Waals surface area contributed by atoms with Crippen LogP contribution in [0.15, 0.2) is 36.7 Å². The van der Waals surface area contributed by atoms with Gasteiger partial charge in [-0.15, -0.1) is 0 Å². The number of benzene rings is 2. The van der Waals surface area contributed by atoms with E-state index in [2.05, 4.69) is 10.1 Å². The lowest BCUT2D eigenvalue weighted by molar-refractivity contribution is 0.407. The quantitative estimate of drug-likeness (QED) is 0.533. The summed E-state index contributed by atoms with van der Waals surface area (Å²) in [4.78, 5) is 4.40. The van der Waals surface area contributed by atoms with Crippen LogP contribution in [0.25, 0.3) is 28.0 Å². The zero-order valence-corrected chi connectivity index (χ0v) is 15.8. The highest BCUT2D eigenvalue weighted by Crippen LogP contribution is 2.37. The van der Waals surface area contributed by atoms with Crippen molar-refractivity contribution in [1.29, 1.82) is 0 Å². The van der Waals surface area contributed by atoms with Crippen molar-refractivity contribution in [3.05, 3.63) is 54.0 Å². The maximum atomic E-state index is 14.8. The van der Waals surface area contributed by atoms with E-state index in [1.54, 1.807) is 48.8 Å². The van der Waals surface area contributed by atoms with Gasteiger partial charge >= 0.3 is 0 Å². The lowest BCUT2D eigenvalue weighted by Crippen LogP contribution is -2.04. The number of halogens is 2. The largest absolute Gasteiger partial charge is 0.497 e. The lowest BCUT2D eigenvalue weighted by atomic mass is 10.0. The van der Waals surface area contributed by atoms with E-state index in [4.69, 9.17) is 9.47 Å². The number of hydrogen-bond donors (Lipinski definition) is 0. The first-order valence-electron chi connectivity index (χ1n) is 8.53. The minimum atomic E-state index is -0.722. The van der Waals surface area contributed by atoms with Crippen molar-refractivity contribution in [2.75, 3.05) is 14.2 Å². The van der Waals surface area contributed by atoms with Gasteiger partial charge in [0.15, 0.2) is 0 Å². The topological polar surface area (TPSA) is 54.1 Å². The second-order valence-corrected chi connectivity index (χ2v) is 6.34. The zero-order chi connectivity index (χ0) is 20.0. The Morgan fingerprint density at radius 2 is 1.61 bits per heavy atom. The average Bonchev–Trinajstić information content (AvgIpc) is 3.20. The highest BCUT2D eigenvalue weighted by atomic mass is 19.1. The third-order valence-corrected chi connectivity index (χ3v) is 4.68. The first-order valence-corrected chi connectivity index (χ1v) is 8.53. The maximum Gasteiger partial charge on any atom is 0.144 e. The number of methoxy groups -OCH3 is 2. The average molecular weight is 384 g/mol. The van der Waals surface area contributed by atoms with E-state index in [9.17, 15) is 8.78 Å². The molecule has 0 amide bonds. The molecule has 0 saturated heterocycles. The van der Waals surface area contributed by atoms with Crippen LogP contribution in [0, 0.1) is 18.6 Å².